The van der Waals surface area contributed by atoms with Gasteiger partial charge in [0.1, 0.15) is 23.3 Å². The van der Waals surface area contributed by atoms with Gasteiger partial charge >= 0.3 is 12.4 Å². The minimum Gasteiger partial charge on any atom is -0.383 e. The van der Waals surface area contributed by atoms with Crippen LogP contribution >= 0.6 is 11.8 Å². The number of nitrogens with two attached hydrogens (primary N) is 2. The Balaban J connectivity index is 0.000000256. The van der Waals surface area contributed by atoms with E-state index in [1.165, 1.54) is 11.8 Å². The van der Waals surface area contributed by atoms with Gasteiger partial charge in [0.25, 0.3) is 0 Å². The average Bonchev–Trinajstić information content (AvgIpc) is 2.99. The molecule has 4 aromatic rings. The predicted octanol–water partition coefficient (Wildman–Crippen LogP) is 6.13. The third-order valence-electron chi connectivity index (χ3n) is 5.88. The number of rotatable bonds is 8. The van der Waals surface area contributed by atoms with Gasteiger partial charge in [-0.2, -0.15) is 26.3 Å². The number of benzene rings is 2. The molecule has 0 saturated carbocycles. The van der Waals surface area contributed by atoms with Crippen molar-refractivity contribution in [3.05, 3.63) is 93.8 Å². The van der Waals surface area contributed by atoms with Gasteiger partial charge < -0.3 is 11.5 Å². The van der Waals surface area contributed by atoms with Gasteiger partial charge in [-0.1, -0.05) is 25.6 Å². The van der Waals surface area contributed by atoms with Crippen LogP contribution in [0.3, 0.4) is 0 Å². The average molecular weight is 707 g/mol. The molecule has 2 aromatic carbocycles. The molecule has 47 heavy (non-hydrogen) atoms. The van der Waals surface area contributed by atoms with Crippen LogP contribution < -0.4 is 11.5 Å². The Morgan fingerprint density at radius 2 is 1.19 bits per heavy atom. The number of hydrogen-bond acceptors (Lipinski definition) is 10. The van der Waals surface area contributed by atoms with Crippen LogP contribution in [-0.4, -0.2) is 47.2 Å². The fourth-order valence-electron chi connectivity index (χ4n) is 3.74. The molecule has 0 aliphatic carbocycles. The van der Waals surface area contributed by atoms with Crippen LogP contribution in [0.4, 0.5) is 46.8 Å². The first-order chi connectivity index (χ1) is 21.9. The summed E-state index contributed by atoms with van der Waals surface area (Å²) in [4.78, 5) is 39.7. The lowest BCUT2D eigenvalue weighted by Crippen LogP contribution is -2.17. The van der Waals surface area contributed by atoms with Crippen molar-refractivity contribution in [1.29, 1.82) is 0 Å². The van der Waals surface area contributed by atoms with Crippen molar-refractivity contribution in [3.8, 4) is 0 Å². The van der Waals surface area contributed by atoms with Gasteiger partial charge in [-0.3, -0.25) is 13.8 Å². The first-order valence-corrected chi connectivity index (χ1v) is 15.3. The maximum absolute atomic E-state index is 13.3. The molecule has 0 amide bonds. The molecule has 0 saturated heterocycles. The number of nitrogens with zero attached hydrogens (tertiary/aromatic N) is 4. The van der Waals surface area contributed by atoms with Crippen LogP contribution in [-0.2, 0) is 23.2 Å². The lowest BCUT2D eigenvalue weighted by molar-refractivity contribution is -0.138. The maximum atomic E-state index is 13.3. The van der Waals surface area contributed by atoms with Crippen molar-refractivity contribution >= 4 is 45.8 Å². The summed E-state index contributed by atoms with van der Waals surface area (Å²) in [6.45, 7) is 3.46. The van der Waals surface area contributed by atoms with Crippen molar-refractivity contribution in [3.63, 3.8) is 0 Å². The lowest BCUT2D eigenvalue weighted by Gasteiger charge is -2.13. The standard InChI is InChI=1S/C14H11F4N3O2S.C14H11F4N3OS/c1-2-24(23)13-20-6-9(12(19)21-13)11(22)8-5-7(15)3-4-10(8)14(16,17)18;1-2-23-13-20-6-9(12(19)21-13)11(22)8-5-7(15)3-4-10(8)14(16,17)18/h3-6H,2H2,1H3,(H2,19,20,21);3-6H,2H2,1H3,(H2,19,20,21). The zero-order valence-corrected chi connectivity index (χ0v) is 25.7. The number of hydrogen-bond donors (Lipinski definition) is 2. The Bertz CT molecular complexity index is 1840. The van der Waals surface area contributed by atoms with Crippen molar-refractivity contribution in [2.75, 3.05) is 23.0 Å². The maximum Gasteiger partial charge on any atom is 0.417 e. The molecule has 0 aliphatic rings. The van der Waals surface area contributed by atoms with Gasteiger partial charge in [0.2, 0.25) is 5.16 Å². The highest BCUT2D eigenvalue weighted by Gasteiger charge is 2.37. The summed E-state index contributed by atoms with van der Waals surface area (Å²) in [5.41, 5.74) is 6.19. The number of carbonyl (C=O) groups is 2. The third kappa shape index (κ3) is 9.06. The number of halogens is 8. The molecular formula is C28H22F8N6O3S2. The number of carbonyl (C=O) groups excluding carboxylic acids is 2. The minimum absolute atomic E-state index is 0.137. The summed E-state index contributed by atoms with van der Waals surface area (Å²) < 4.78 is 116. The second kappa shape index (κ2) is 14.9. The largest absolute Gasteiger partial charge is 0.417 e. The monoisotopic (exact) mass is 706 g/mol. The summed E-state index contributed by atoms with van der Waals surface area (Å²) in [6.07, 6.45) is -7.71. The Morgan fingerprint density at radius 3 is 1.57 bits per heavy atom. The summed E-state index contributed by atoms with van der Waals surface area (Å²) in [7, 11) is -1.54. The quantitative estimate of drug-likeness (QED) is 0.0946. The number of aromatic nitrogens is 4. The normalized spacial score (nSPS) is 12.2. The minimum atomic E-state index is -4.85. The molecule has 2 heterocycles. The Labute approximate surface area is 267 Å². The highest BCUT2D eigenvalue weighted by atomic mass is 32.2. The summed E-state index contributed by atoms with van der Waals surface area (Å²) in [5, 5.41) is 0.165. The molecule has 1 atom stereocenters. The highest BCUT2D eigenvalue weighted by Crippen LogP contribution is 2.35. The first-order valence-electron chi connectivity index (χ1n) is 13.0. The highest BCUT2D eigenvalue weighted by molar-refractivity contribution is 7.99. The summed E-state index contributed by atoms with van der Waals surface area (Å²) in [6, 6.07) is 3.23. The van der Waals surface area contributed by atoms with Crippen molar-refractivity contribution < 1.29 is 48.9 Å². The van der Waals surface area contributed by atoms with Crippen molar-refractivity contribution in [1.82, 2.24) is 19.9 Å². The molecule has 0 fully saturated rings. The van der Waals surface area contributed by atoms with E-state index in [2.05, 4.69) is 19.9 Å². The van der Waals surface area contributed by atoms with E-state index in [4.69, 9.17) is 11.5 Å². The second-order valence-corrected chi connectivity index (χ2v) is 11.9. The molecular weight excluding hydrogens is 684 g/mol. The van der Waals surface area contributed by atoms with E-state index in [0.717, 1.165) is 12.4 Å². The molecule has 2 aromatic heterocycles. The topological polar surface area (TPSA) is 155 Å². The fraction of sp³-hybridized carbons (Fsp3) is 0.214. The number of nitrogen functional groups attached to an aromatic ring is 2. The van der Waals surface area contributed by atoms with Crippen LogP contribution in [0, 0.1) is 11.6 Å². The van der Waals surface area contributed by atoms with Gasteiger partial charge in [0.15, 0.2) is 16.7 Å². The first kappa shape index (κ1) is 36.9. The zero-order valence-electron chi connectivity index (χ0n) is 24.0. The molecule has 1 unspecified atom stereocenters. The molecule has 19 heteroatoms. The molecule has 9 nitrogen and oxygen atoms in total. The van der Waals surface area contributed by atoms with E-state index < -0.39 is 80.0 Å². The van der Waals surface area contributed by atoms with Crippen LogP contribution in [0.25, 0.3) is 0 Å². The van der Waals surface area contributed by atoms with Gasteiger partial charge in [-0.25, -0.2) is 28.7 Å². The molecule has 4 N–H and O–H groups in total. The smallest absolute Gasteiger partial charge is 0.383 e. The number of ketones is 2. The zero-order chi connectivity index (χ0) is 35.3. The Kier molecular flexibility index (Phi) is 11.7. The number of thioether (sulfide) groups is 1. The predicted molar refractivity (Wildman–Crippen MR) is 156 cm³/mol. The van der Waals surface area contributed by atoms with Crippen LogP contribution in [0.1, 0.15) is 56.8 Å². The van der Waals surface area contributed by atoms with Gasteiger partial charge in [0.05, 0.1) is 33.1 Å². The van der Waals surface area contributed by atoms with Gasteiger partial charge in [-0.05, 0) is 42.2 Å². The van der Waals surface area contributed by atoms with E-state index in [9.17, 15) is 48.9 Å². The fourth-order valence-corrected chi connectivity index (χ4v) is 4.91. The molecule has 0 spiro atoms. The number of anilines is 2. The molecule has 0 aliphatic heterocycles. The van der Waals surface area contributed by atoms with E-state index in [1.807, 2.05) is 6.92 Å². The molecule has 0 radical (unpaired) electrons. The van der Waals surface area contributed by atoms with Crippen molar-refractivity contribution in [2.24, 2.45) is 0 Å². The third-order valence-corrected chi connectivity index (χ3v) is 7.76. The SMILES string of the molecule is CCS(=O)c1ncc(C(=O)c2cc(F)ccc2C(F)(F)F)c(N)n1.CCSc1ncc(C(=O)c2cc(F)ccc2C(F)(F)F)c(N)n1. The Morgan fingerprint density at radius 1 is 0.745 bits per heavy atom. The van der Waals surface area contributed by atoms with E-state index in [0.29, 0.717) is 47.3 Å². The van der Waals surface area contributed by atoms with Crippen LogP contribution in [0.15, 0.2) is 59.1 Å². The summed E-state index contributed by atoms with van der Waals surface area (Å²) in [5.74, 6) is -4.03. The van der Waals surface area contributed by atoms with Gasteiger partial charge in [0, 0.05) is 29.3 Å². The van der Waals surface area contributed by atoms with Crippen LogP contribution in [0.5, 0.6) is 0 Å². The van der Waals surface area contributed by atoms with Crippen LogP contribution in [0.2, 0.25) is 0 Å². The van der Waals surface area contributed by atoms with Gasteiger partial charge in [-0.15, -0.1) is 0 Å². The lowest BCUT2D eigenvalue weighted by atomic mass is 9.99. The van der Waals surface area contributed by atoms with E-state index in [1.54, 1.807) is 6.92 Å². The number of alkyl halides is 6. The molecule has 250 valence electrons. The second-order valence-electron chi connectivity index (χ2n) is 9.00. The summed E-state index contributed by atoms with van der Waals surface area (Å²) >= 11 is 1.26. The molecule has 0 bridgehead atoms. The van der Waals surface area contributed by atoms with E-state index >= 15 is 0 Å². The van der Waals surface area contributed by atoms with Crippen molar-refractivity contribution in [2.45, 2.75) is 36.5 Å². The van der Waals surface area contributed by atoms with E-state index in [-0.39, 0.29) is 22.3 Å². The molecule has 4 rings (SSSR count). The Hall–Kier alpha value is -4.52.